The van der Waals surface area contributed by atoms with E-state index in [-0.39, 0.29) is 12.2 Å². The lowest BCUT2D eigenvalue weighted by Crippen LogP contribution is -2.33. The molecule has 0 bridgehead atoms. The van der Waals surface area contributed by atoms with Crippen molar-refractivity contribution in [1.82, 2.24) is 4.90 Å². The van der Waals surface area contributed by atoms with Crippen LogP contribution in [0.4, 0.5) is 11.4 Å². The standard InChI is InChI=1S/C19H18ClN3O5/c1-22(12-18(24)21-16-11-14(20)7-8-17(16)28-2)19(25)9-6-13-4-3-5-15(10-13)23(26)27/h3-11H,12H2,1-2H3,(H,21,24)/b9-6+. The number of nitrogens with zero attached hydrogens (tertiary/aromatic N) is 2. The molecule has 0 saturated carbocycles. The second-order valence-electron chi connectivity index (χ2n) is 5.77. The summed E-state index contributed by atoms with van der Waals surface area (Å²) < 4.78 is 5.15. The third-order valence-corrected chi connectivity index (χ3v) is 3.93. The van der Waals surface area contributed by atoms with Crippen LogP contribution in [0.5, 0.6) is 5.75 Å². The maximum atomic E-state index is 12.2. The Hall–Kier alpha value is -3.39. The first-order valence-corrected chi connectivity index (χ1v) is 8.49. The van der Waals surface area contributed by atoms with Gasteiger partial charge in [0.25, 0.3) is 5.69 Å². The summed E-state index contributed by atoms with van der Waals surface area (Å²) in [5, 5.41) is 13.9. The van der Waals surface area contributed by atoms with Crippen molar-refractivity contribution in [3.05, 3.63) is 69.2 Å². The number of carbonyl (C=O) groups is 2. The molecular formula is C19H18ClN3O5. The van der Waals surface area contributed by atoms with Crippen LogP contribution in [0.2, 0.25) is 5.02 Å². The highest BCUT2D eigenvalue weighted by molar-refractivity contribution is 6.31. The van der Waals surface area contributed by atoms with Gasteiger partial charge in [0.1, 0.15) is 5.75 Å². The summed E-state index contributed by atoms with van der Waals surface area (Å²) in [6.45, 7) is -0.201. The molecule has 0 saturated heterocycles. The number of nitro groups is 1. The van der Waals surface area contributed by atoms with Crippen molar-refractivity contribution in [1.29, 1.82) is 0 Å². The Balaban J connectivity index is 1.98. The maximum absolute atomic E-state index is 12.2. The zero-order valence-electron chi connectivity index (χ0n) is 15.2. The molecule has 0 aliphatic carbocycles. The zero-order valence-corrected chi connectivity index (χ0v) is 16.0. The molecule has 2 aromatic carbocycles. The minimum atomic E-state index is -0.514. The summed E-state index contributed by atoms with van der Waals surface area (Å²) in [6, 6.07) is 10.7. The van der Waals surface area contributed by atoms with E-state index in [1.54, 1.807) is 24.3 Å². The van der Waals surface area contributed by atoms with Crippen LogP contribution >= 0.6 is 11.6 Å². The molecular weight excluding hydrogens is 386 g/mol. The van der Waals surface area contributed by atoms with Gasteiger partial charge in [-0.3, -0.25) is 19.7 Å². The number of nitrogens with one attached hydrogen (secondary N) is 1. The molecule has 1 N–H and O–H groups in total. The summed E-state index contributed by atoms with van der Waals surface area (Å²) in [7, 11) is 2.93. The van der Waals surface area contributed by atoms with Crippen molar-refractivity contribution >= 4 is 40.9 Å². The van der Waals surface area contributed by atoms with Crippen LogP contribution in [-0.2, 0) is 9.59 Å². The van der Waals surface area contributed by atoms with Crippen LogP contribution in [0.15, 0.2) is 48.5 Å². The molecule has 2 rings (SSSR count). The van der Waals surface area contributed by atoms with Gasteiger partial charge < -0.3 is 15.0 Å². The summed E-state index contributed by atoms with van der Waals surface area (Å²) in [6.07, 6.45) is 2.69. The van der Waals surface area contributed by atoms with E-state index in [4.69, 9.17) is 16.3 Å². The molecule has 28 heavy (non-hydrogen) atoms. The van der Waals surface area contributed by atoms with Gasteiger partial charge in [-0.25, -0.2) is 0 Å². The van der Waals surface area contributed by atoms with E-state index in [9.17, 15) is 19.7 Å². The second-order valence-corrected chi connectivity index (χ2v) is 6.21. The number of nitro benzene ring substituents is 1. The second kappa shape index (κ2) is 9.52. The van der Waals surface area contributed by atoms with Gasteiger partial charge >= 0.3 is 0 Å². The molecule has 8 nitrogen and oxygen atoms in total. The number of non-ortho nitro benzene ring substituents is 1. The number of benzene rings is 2. The highest BCUT2D eigenvalue weighted by Gasteiger charge is 2.13. The SMILES string of the molecule is COc1ccc(Cl)cc1NC(=O)CN(C)C(=O)/C=C/c1cccc([N+](=O)[O-])c1. The largest absolute Gasteiger partial charge is 0.495 e. The van der Waals surface area contributed by atoms with Gasteiger partial charge in [-0.05, 0) is 29.8 Å². The normalized spacial score (nSPS) is 10.5. The van der Waals surface area contributed by atoms with Gasteiger partial charge in [0, 0.05) is 30.3 Å². The van der Waals surface area contributed by atoms with Crippen LogP contribution in [0.25, 0.3) is 6.08 Å². The Morgan fingerprint density at radius 1 is 1.29 bits per heavy atom. The number of ether oxygens (including phenoxy) is 1. The van der Waals surface area contributed by atoms with E-state index in [0.29, 0.717) is 22.0 Å². The fourth-order valence-corrected chi connectivity index (χ4v) is 2.47. The number of anilines is 1. The molecule has 0 aromatic heterocycles. The molecule has 9 heteroatoms. The minimum Gasteiger partial charge on any atom is -0.495 e. The first-order chi connectivity index (χ1) is 13.3. The van der Waals surface area contributed by atoms with Gasteiger partial charge in [-0.2, -0.15) is 0 Å². The molecule has 0 radical (unpaired) electrons. The average molecular weight is 404 g/mol. The molecule has 0 aliphatic heterocycles. The van der Waals surface area contributed by atoms with Crippen molar-refractivity contribution in [2.45, 2.75) is 0 Å². The Kier molecular flexibility index (Phi) is 7.11. The van der Waals surface area contributed by atoms with Crippen molar-refractivity contribution < 1.29 is 19.2 Å². The molecule has 0 heterocycles. The number of hydrogen-bond donors (Lipinski definition) is 1. The lowest BCUT2D eigenvalue weighted by atomic mass is 10.2. The Morgan fingerprint density at radius 3 is 2.71 bits per heavy atom. The highest BCUT2D eigenvalue weighted by Crippen LogP contribution is 2.27. The Bertz CT molecular complexity index is 930. The quantitative estimate of drug-likeness (QED) is 0.434. The lowest BCUT2D eigenvalue weighted by Gasteiger charge is -2.16. The number of carbonyl (C=O) groups excluding carboxylic acids is 2. The lowest BCUT2D eigenvalue weighted by molar-refractivity contribution is -0.384. The topological polar surface area (TPSA) is 102 Å². The average Bonchev–Trinajstić information content (AvgIpc) is 2.66. The summed E-state index contributed by atoms with van der Waals surface area (Å²) >= 11 is 5.92. The number of amides is 2. The van der Waals surface area contributed by atoms with Crippen LogP contribution in [0, 0.1) is 10.1 Å². The van der Waals surface area contributed by atoms with Crippen LogP contribution in [0.1, 0.15) is 5.56 Å². The van der Waals surface area contributed by atoms with Gasteiger partial charge in [-0.1, -0.05) is 23.7 Å². The maximum Gasteiger partial charge on any atom is 0.270 e. The van der Waals surface area contributed by atoms with Crippen molar-refractivity contribution in [2.24, 2.45) is 0 Å². The fraction of sp³-hybridized carbons (Fsp3) is 0.158. The first kappa shape index (κ1) is 20.9. The first-order valence-electron chi connectivity index (χ1n) is 8.11. The van der Waals surface area contributed by atoms with E-state index in [1.165, 1.54) is 49.4 Å². The third kappa shape index (κ3) is 5.82. The van der Waals surface area contributed by atoms with Crippen LogP contribution in [0.3, 0.4) is 0 Å². The number of rotatable bonds is 7. The zero-order chi connectivity index (χ0) is 20.7. The van der Waals surface area contributed by atoms with E-state index in [2.05, 4.69) is 5.32 Å². The van der Waals surface area contributed by atoms with Crippen molar-refractivity contribution in [2.75, 3.05) is 26.0 Å². The van der Waals surface area contributed by atoms with Crippen molar-refractivity contribution in [3.8, 4) is 5.75 Å². The van der Waals surface area contributed by atoms with Gasteiger partial charge in [-0.15, -0.1) is 0 Å². The molecule has 0 spiro atoms. The van der Waals surface area contributed by atoms with Gasteiger partial charge in [0.05, 0.1) is 24.3 Å². The molecule has 0 atom stereocenters. The summed E-state index contributed by atoms with van der Waals surface area (Å²) in [5.41, 5.74) is 0.829. The molecule has 2 aromatic rings. The van der Waals surface area contributed by atoms with Gasteiger partial charge in [0.2, 0.25) is 11.8 Å². The molecule has 0 fully saturated rings. The number of likely N-dealkylation sites (N-methyl/N-ethyl adjacent to an activating group) is 1. The van der Waals surface area contributed by atoms with Crippen LogP contribution < -0.4 is 10.1 Å². The van der Waals surface area contributed by atoms with E-state index in [0.717, 1.165) is 0 Å². The number of hydrogen-bond acceptors (Lipinski definition) is 5. The number of methoxy groups -OCH3 is 1. The third-order valence-electron chi connectivity index (χ3n) is 3.69. The Labute approximate surface area is 166 Å². The predicted molar refractivity (Wildman–Crippen MR) is 106 cm³/mol. The van der Waals surface area contributed by atoms with E-state index < -0.39 is 16.7 Å². The molecule has 146 valence electrons. The van der Waals surface area contributed by atoms with E-state index >= 15 is 0 Å². The fourth-order valence-electron chi connectivity index (χ4n) is 2.30. The van der Waals surface area contributed by atoms with Gasteiger partial charge in [0.15, 0.2) is 0 Å². The number of halogens is 1. The molecule has 0 unspecified atom stereocenters. The summed E-state index contributed by atoms with van der Waals surface area (Å²) in [4.78, 5) is 35.9. The minimum absolute atomic E-state index is 0.0715. The predicted octanol–water partition coefficient (Wildman–Crippen LogP) is 3.37. The Morgan fingerprint density at radius 2 is 2.04 bits per heavy atom. The van der Waals surface area contributed by atoms with E-state index in [1.807, 2.05) is 0 Å². The molecule has 2 amide bonds. The smallest absolute Gasteiger partial charge is 0.270 e. The van der Waals surface area contributed by atoms with Crippen LogP contribution in [-0.4, -0.2) is 42.3 Å². The molecule has 0 aliphatic rings. The summed E-state index contributed by atoms with van der Waals surface area (Å²) in [5.74, 6) is -0.419. The van der Waals surface area contributed by atoms with Crippen molar-refractivity contribution in [3.63, 3.8) is 0 Å². The highest BCUT2D eigenvalue weighted by atomic mass is 35.5. The monoisotopic (exact) mass is 403 g/mol.